The molecule has 12 heavy (non-hydrogen) atoms. The summed E-state index contributed by atoms with van der Waals surface area (Å²) < 4.78 is 0.506. The van der Waals surface area contributed by atoms with E-state index in [0.29, 0.717) is 9.57 Å². The lowest BCUT2D eigenvalue weighted by atomic mass is 10.2. The van der Waals surface area contributed by atoms with Gasteiger partial charge >= 0.3 is 0 Å². The first kappa shape index (κ1) is 9.55. The Hall–Kier alpha value is -0.540. The minimum Gasteiger partial charge on any atom is -0.385 e. The molecular formula is C9H11NS2. The van der Waals surface area contributed by atoms with Crippen LogP contribution in [-0.2, 0) is 0 Å². The second kappa shape index (κ2) is 4.48. The molecule has 0 saturated carbocycles. The Bertz CT molecular complexity index is 258. The van der Waals surface area contributed by atoms with Crippen LogP contribution in [0.2, 0.25) is 0 Å². The minimum absolute atomic E-state index is 0.351. The number of nitrogens with two attached hydrogens (primary N) is 1. The molecule has 1 rings (SSSR count). The molecule has 0 aromatic heterocycles. The third-order valence-electron chi connectivity index (χ3n) is 1.56. The van der Waals surface area contributed by atoms with E-state index >= 15 is 0 Å². The standard InChI is InChI=1S/C9H11NS2/c1-7(12-9(10)11)8-5-3-2-4-6-8/h2-7H,1H3,(H2,10,11)/t7-/m1/s1. The average Bonchev–Trinajstić information content (AvgIpc) is 2.05. The Morgan fingerprint density at radius 3 is 2.50 bits per heavy atom. The van der Waals surface area contributed by atoms with Crippen molar-refractivity contribution in [3.8, 4) is 0 Å². The molecule has 1 atom stereocenters. The van der Waals surface area contributed by atoms with E-state index in [2.05, 4.69) is 19.1 Å². The fourth-order valence-corrected chi connectivity index (χ4v) is 2.04. The Morgan fingerprint density at radius 2 is 2.00 bits per heavy atom. The molecule has 64 valence electrons. The van der Waals surface area contributed by atoms with Crippen molar-refractivity contribution in [2.75, 3.05) is 0 Å². The van der Waals surface area contributed by atoms with E-state index in [0.717, 1.165) is 0 Å². The SMILES string of the molecule is C[C@@H](SC(N)=S)c1ccccc1. The summed E-state index contributed by atoms with van der Waals surface area (Å²) in [5.74, 6) is 0. The predicted molar refractivity (Wildman–Crippen MR) is 59.2 cm³/mol. The van der Waals surface area contributed by atoms with Crippen LogP contribution in [0.15, 0.2) is 30.3 Å². The second-order valence-corrected chi connectivity index (χ2v) is 4.57. The van der Waals surface area contributed by atoms with Crippen molar-refractivity contribution < 1.29 is 0 Å². The van der Waals surface area contributed by atoms with Crippen LogP contribution in [0.5, 0.6) is 0 Å². The summed E-state index contributed by atoms with van der Waals surface area (Å²) in [6, 6.07) is 10.2. The fourth-order valence-electron chi connectivity index (χ4n) is 0.966. The molecule has 0 bridgehead atoms. The zero-order chi connectivity index (χ0) is 8.97. The highest BCUT2D eigenvalue weighted by molar-refractivity contribution is 8.23. The van der Waals surface area contributed by atoms with Crippen molar-refractivity contribution in [1.82, 2.24) is 0 Å². The van der Waals surface area contributed by atoms with Crippen molar-refractivity contribution in [2.24, 2.45) is 5.73 Å². The zero-order valence-corrected chi connectivity index (χ0v) is 8.49. The van der Waals surface area contributed by atoms with Crippen LogP contribution in [-0.4, -0.2) is 4.32 Å². The van der Waals surface area contributed by atoms with Gasteiger partial charge in [-0.25, -0.2) is 0 Å². The normalized spacial score (nSPS) is 12.4. The maximum Gasteiger partial charge on any atom is 0.131 e. The molecule has 0 aliphatic rings. The summed E-state index contributed by atoms with van der Waals surface area (Å²) >= 11 is 6.33. The van der Waals surface area contributed by atoms with Crippen LogP contribution < -0.4 is 5.73 Å². The monoisotopic (exact) mass is 197 g/mol. The van der Waals surface area contributed by atoms with E-state index in [1.807, 2.05) is 18.2 Å². The largest absolute Gasteiger partial charge is 0.385 e. The van der Waals surface area contributed by atoms with E-state index in [-0.39, 0.29) is 0 Å². The molecule has 0 aliphatic carbocycles. The first-order chi connectivity index (χ1) is 5.70. The van der Waals surface area contributed by atoms with E-state index < -0.39 is 0 Å². The number of thiocarbonyl (C=S) groups is 1. The molecule has 2 N–H and O–H groups in total. The molecule has 0 amide bonds. The molecule has 0 spiro atoms. The first-order valence-corrected chi connectivity index (χ1v) is 5.00. The maximum absolute atomic E-state index is 5.43. The molecule has 0 unspecified atom stereocenters. The van der Waals surface area contributed by atoms with Crippen LogP contribution in [0, 0.1) is 0 Å². The summed E-state index contributed by atoms with van der Waals surface area (Å²) in [4.78, 5) is 0. The summed E-state index contributed by atoms with van der Waals surface area (Å²) in [5.41, 5.74) is 6.68. The Labute approximate surface area is 82.3 Å². The fraction of sp³-hybridized carbons (Fsp3) is 0.222. The van der Waals surface area contributed by atoms with Crippen molar-refractivity contribution in [3.05, 3.63) is 35.9 Å². The van der Waals surface area contributed by atoms with Gasteiger partial charge in [-0.3, -0.25) is 0 Å². The average molecular weight is 197 g/mol. The van der Waals surface area contributed by atoms with Crippen molar-refractivity contribution >= 4 is 28.3 Å². The van der Waals surface area contributed by atoms with Gasteiger partial charge in [-0.15, -0.1) is 0 Å². The lowest BCUT2D eigenvalue weighted by molar-refractivity contribution is 1.11. The highest BCUT2D eigenvalue weighted by atomic mass is 32.2. The van der Waals surface area contributed by atoms with E-state index in [1.54, 1.807) is 0 Å². The summed E-state index contributed by atoms with van der Waals surface area (Å²) in [6.07, 6.45) is 0. The van der Waals surface area contributed by atoms with Crippen LogP contribution in [0.4, 0.5) is 0 Å². The molecule has 1 nitrogen and oxygen atoms in total. The molecule has 0 aliphatic heterocycles. The summed E-state index contributed by atoms with van der Waals surface area (Å²) in [7, 11) is 0. The van der Waals surface area contributed by atoms with Crippen molar-refractivity contribution in [2.45, 2.75) is 12.2 Å². The van der Waals surface area contributed by atoms with E-state index in [1.165, 1.54) is 17.3 Å². The number of hydrogen-bond acceptors (Lipinski definition) is 2. The van der Waals surface area contributed by atoms with Gasteiger partial charge in [0, 0.05) is 5.25 Å². The maximum atomic E-state index is 5.43. The third-order valence-corrected chi connectivity index (χ3v) is 2.71. The number of rotatable bonds is 2. The van der Waals surface area contributed by atoms with Gasteiger partial charge in [0.25, 0.3) is 0 Å². The zero-order valence-electron chi connectivity index (χ0n) is 6.86. The molecule has 3 heteroatoms. The summed E-state index contributed by atoms with van der Waals surface area (Å²) in [5, 5.41) is 0.351. The quantitative estimate of drug-likeness (QED) is 0.738. The molecule has 0 heterocycles. The van der Waals surface area contributed by atoms with Gasteiger partial charge < -0.3 is 5.73 Å². The van der Waals surface area contributed by atoms with Gasteiger partial charge in [0.15, 0.2) is 0 Å². The molecule has 1 aromatic carbocycles. The Morgan fingerprint density at radius 1 is 1.42 bits per heavy atom. The smallest absolute Gasteiger partial charge is 0.131 e. The molecule has 1 aromatic rings. The predicted octanol–water partition coefficient (Wildman–Crippen LogP) is 2.72. The van der Waals surface area contributed by atoms with Gasteiger partial charge in [-0.2, -0.15) is 0 Å². The third kappa shape index (κ3) is 2.83. The lowest BCUT2D eigenvalue weighted by Crippen LogP contribution is -2.04. The molecule has 0 saturated heterocycles. The van der Waals surface area contributed by atoms with Crippen molar-refractivity contribution in [1.29, 1.82) is 0 Å². The van der Waals surface area contributed by atoms with Gasteiger partial charge in [0.1, 0.15) is 4.32 Å². The molecule has 0 radical (unpaired) electrons. The Balaban J connectivity index is 2.65. The number of thioether (sulfide) groups is 1. The van der Waals surface area contributed by atoms with E-state index in [4.69, 9.17) is 18.0 Å². The number of benzene rings is 1. The minimum atomic E-state index is 0.351. The van der Waals surface area contributed by atoms with Crippen LogP contribution in [0.3, 0.4) is 0 Å². The van der Waals surface area contributed by atoms with Crippen LogP contribution >= 0.6 is 24.0 Å². The van der Waals surface area contributed by atoms with Gasteiger partial charge in [0.05, 0.1) is 0 Å². The van der Waals surface area contributed by atoms with Crippen LogP contribution in [0.25, 0.3) is 0 Å². The van der Waals surface area contributed by atoms with Gasteiger partial charge in [0.2, 0.25) is 0 Å². The summed E-state index contributed by atoms with van der Waals surface area (Å²) in [6.45, 7) is 2.10. The number of hydrogen-bond donors (Lipinski definition) is 1. The van der Waals surface area contributed by atoms with Gasteiger partial charge in [-0.05, 0) is 12.5 Å². The van der Waals surface area contributed by atoms with Crippen molar-refractivity contribution in [3.63, 3.8) is 0 Å². The first-order valence-electron chi connectivity index (χ1n) is 3.71. The van der Waals surface area contributed by atoms with Gasteiger partial charge in [-0.1, -0.05) is 54.3 Å². The second-order valence-electron chi connectivity index (χ2n) is 2.49. The topological polar surface area (TPSA) is 26.0 Å². The lowest BCUT2D eigenvalue weighted by Gasteiger charge is -2.08. The van der Waals surface area contributed by atoms with E-state index in [9.17, 15) is 0 Å². The highest BCUT2D eigenvalue weighted by Gasteiger charge is 2.05. The Kier molecular flexibility index (Phi) is 3.56. The molecular weight excluding hydrogens is 186 g/mol. The van der Waals surface area contributed by atoms with Crippen LogP contribution in [0.1, 0.15) is 17.7 Å². The molecule has 0 fully saturated rings. The highest BCUT2D eigenvalue weighted by Crippen LogP contribution is 2.27.